The van der Waals surface area contributed by atoms with Crippen molar-refractivity contribution in [1.82, 2.24) is 0 Å². The third-order valence-corrected chi connectivity index (χ3v) is 11.0. The standard InChI is InChI=1S/C31H36BrNO8/c1-13(2)21-24(36)20(27(33)39)25(37)31(41)26(38)22-23(35)19-16(9-6-10-18(19)34)17(12-14-7-5-8-15(32)11-14)29(22,3)28(40)30(21,31)4/h5-11,13,17,20-22,24,26,28,34,36,38,40-41H,12H2,1-4H3,(H2,33,39)/t17-,20-,21+,22-,24?,26?,28-,29+,30+,31+/m1/s1. The van der Waals surface area contributed by atoms with Gasteiger partial charge in [-0.25, -0.2) is 0 Å². The molecular formula is C31H36BrNO8. The number of benzene rings is 2. The topological polar surface area (TPSA) is 178 Å². The van der Waals surface area contributed by atoms with Crippen LogP contribution in [0.2, 0.25) is 0 Å². The molecule has 0 saturated heterocycles. The molecule has 7 N–H and O–H groups in total. The van der Waals surface area contributed by atoms with Gasteiger partial charge in [0.2, 0.25) is 5.91 Å². The first-order valence-electron chi connectivity index (χ1n) is 13.8. The van der Waals surface area contributed by atoms with Gasteiger partial charge < -0.3 is 31.3 Å². The van der Waals surface area contributed by atoms with Crippen LogP contribution in [0.15, 0.2) is 46.9 Å². The van der Waals surface area contributed by atoms with E-state index in [0.717, 1.165) is 10.0 Å². The Morgan fingerprint density at radius 3 is 2.29 bits per heavy atom. The monoisotopic (exact) mass is 629 g/mol. The number of phenols is 1. The van der Waals surface area contributed by atoms with E-state index in [0.29, 0.717) is 5.56 Å². The van der Waals surface area contributed by atoms with Gasteiger partial charge in [0.25, 0.3) is 0 Å². The fourth-order valence-corrected chi connectivity index (χ4v) is 9.23. The van der Waals surface area contributed by atoms with E-state index in [1.54, 1.807) is 32.9 Å². The molecule has 2 fully saturated rings. The number of phenolic OH excluding ortho intramolecular Hbond substituents is 1. The molecule has 9 nitrogen and oxygen atoms in total. The molecule has 220 valence electrons. The summed E-state index contributed by atoms with van der Waals surface area (Å²) in [4.78, 5) is 40.6. The summed E-state index contributed by atoms with van der Waals surface area (Å²) in [5, 5.41) is 59.1. The van der Waals surface area contributed by atoms with Gasteiger partial charge in [0.05, 0.1) is 23.7 Å². The second kappa shape index (κ2) is 9.70. The zero-order chi connectivity index (χ0) is 30.4. The summed E-state index contributed by atoms with van der Waals surface area (Å²) in [7, 11) is 0. The smallest absolute Gasteiger partial charge is 0.230 e. The lowest BCUT2D eigenvalue weighted by molar-refractivity contribution is -0.307. The van der Waals surface area contributed by atoms with Crippen LogP contribution in [0, 0.1) is 34.5 Å². The molecule has 0 bridgehead atoms. The summed E-state index contributed by atoms with van der Waals surface area (Å²) < 4.78 is 0.809. The number of hydrogen-bond acceptors (Lipinski definition) is 8. The van der Waals surface area contributed by atoms with E-state index in [4.69, 9.17) is 5.73 Å². The van der Waals surface area contributed by atoms with Crippen LogP contribution < -0.4 is 5.73 Å². The number of aliphatic hydroxyl groups is 4. The molecule has 2 aromatic carbocycles. The highest BCUT2D eigenvalue weighted by atomic mass is 79.9. The van der Waals surface area contributed by atoms with E-state index < -0.39 is 81.8 Å². The quantitative estimate of drug-likeness (QED) is 0.278. The molecule has 1 amide bonds. The molecule has 0 aliphatic heterocycles. The van der Waals surface area contributed by atoms with E-state index in [1.165, 1.54) is 13.0 Å². The van der Waals surface area contributed by atoms with Gasteiger partial charge >= 0.3 is 0 Å². The number of aliphatic hydroxyl groups excluding tert-OH is 3. The molecule has 0 spiro atoms. The lowest BCUT2D eigenvalue weighted by Gasteiger charge is -2.69. The lowest BCUT2D eigenvalue weighted by atomic mass is 9.36. The summed E-state index contributed by atoms with van der Waals surface area (Å²) >= 11 is 3.48. The number of amides is 1. The highest BCUT2D eigenvalue weighted by Crippen LogP contribution is 2.68. The molecule has 3 aliphatic rings. The number of carbonyl (C=O) groups is 3. The van der Waals surface area contributed by atoms with Crippen LogP contribution in [-0.4, -0.2) is 66.9 Å². The molecule has 10 heteroatoms. The van der Waals surface area contributed by atoms with Gasteiger partial charge in [-0.1, -0.05) is 67.9 Å². The maximum absolute atomic E-state index is 14.2. The number of halogens is 1. The lowest BCUT2D eigenvalue weighted by Crippen LogP contribution is -2.83. The number of nitrogens with two attached hydrogens (primary N) is 1. The Bertz CT molecular complexity index is 1440. The Morgan fingerprint density at radius 2 is 1.71 bits per heavy atom. The Labute approximate surface area is 246 Å². The molecule has 0 aromatic heterocycles. The molecule has 2 aromatic rings. The van der Waals surface area contributed by atoms with Crippen molar-refractivity contribution >= 4 is 33.4 Å². The first kappa shape index (κ1) is 29.8. The van der Waals surface area contributed by atoms with Gasteiger partial charge in [-0.3, -0.25) is 14.4 Å². The highest BCUT2D eigenvalue weighted by Gasteiger charge is 2.80. The maximum Gasteiger partial charge on any atom is 0.230 e. The number of fused-ring (bicyclic) bond motifs is 3. The molecule has 41 heavy (non-hydrogen) atoms. The molecule has 5 rings (SSSR count). The minimum atomic E-state index is -2.82. The third kappa shape index (κ3) is 3.70. The molecule has 2 saturated carbocycles. The Kier molecular flexibility index (Phi) is 7.07. The largest absolute Gasteiger partial charge is 0.507 e. The predicted octanol–water partition coefficient (Wildman–Crippen LogP) is 2.09. The summed E-state index contributed by atoms with van der Waals surface area (Å²) in [5.41, 5.74) is 0.565. The summed E-state index contributed by atoms with van der Waals surface area (Å²) in [5.74, 6) is -9.11. The molecule has 0 heterocycles. The molecule has 2 unspecified atom stereocenters. The van der Waals surface area contributed by atoms with Crippen molar-refractivity contribution in [3.05, 3.63) is 63.6 Å². The number of primary amides is 1. The number of rotatable bonds is 4. The second-order valence-corrected chi connectivity index (χ2v) is 13.7. The maximum atomic E-state index is 14.2. The van der Waals surface area contributed by atoms with Crippen molar-refractivity contribution in [2.24, 2.45) is 40.2 Å². The van der Waals surface area contributed by atoms with Crippen LogP contribution in [-0.2, 0) is 16.0 Å². The van der Waals surface area contributed by atoms with Crippen LogP contribution in [0.1, 0.15) is 55.1 Å². The first-order chi connectivity index (χ1) is 19.1. The fourth-order valence-electron chi connectivity index (χ4n) is 8.78. The average molecular weight is 631 g/mol. The molecule has 3 aliphatic carbocycles. The van der Waals surface area contributed by atoms with E-state index in [9.17, 15) is 39.9 Å². The molecular weight excluding hydrogens is 594 g/mol. The van der Waals surface area contributed by atoms with Crippen LogP contribution >= 0.6 is 15.9 Å². The minimum Gasteiger partial charge on any atom is -0.507 e. The Hall–Kier alpha value is -2.63. The van der Waals surface area contributed by atoms with Gasteiger partial charge in [0.15, 0.2) is 17.2 Å². The van der Waals surface area contributed by atoms with Crippen molar-refractivity contribution in [2.45, 2.75) is 63.9 Å². The predicted molar refractivity (Wildman–Crippen MR) is 152 cm³/mol. The number of ketones is 2. The highest BCUT2D eigenvalue weighted by molar-refractivity contribution is 9.10. The van der Waals surface area contributed by atoms with Gasteiger partial charge in [-0.15, -0.1) is 0 Å². The molecule has 10 atom stereocenters. The zero-order valence-corrected chi connectivity index (χ0v) is 24.9. The van der Waals surface area contributed by atoms with Crippen LogP contribution in [0.4, 0.5) is 0 Å². The van der Waals surface area contributed by atoms with E-state index >= 15 is 0 Å². The number of carbonyl (C=O) groups excluding carboxylic acids is 3. The van der Waals surface area contributed by atoms with Gasteiger partial charge in [0, 0.05) is 15.3 Å². The average Bonchev–Trinajstić information content (AvgIpc) is 2.88. The van der Waals surface area contributed by atoms with Gasteiger partial charge in [0.1, 0.15) is 17.8 Å². The van der Waals surface area contributed by atoms with E-state index in [2.05, 4.69) is 15.9 Å². The number of hydrogen-bond donors (Lipinski definition) is 6. The minimum absolute atomic E-state index is 0.0522. The third-order valence-electron chi connectivity index (χ3n) is 10.5. The van der Waals surface area contributed by atoms with Crippen molar-refractivity contribution in [1.29, 1.82) is 0 Å². The zero-order valence-electron chi connectivity index (χ0n) is 23.3. The number of Topliss-reactive ketones (excluding diaryl/α,β-unsaturated/α-hetero) is 2. The Morgan fingerprint density at radius 1 is 1.07 bits per heavy atom. The first-order valence-corrected chi connectivity index (χ1v) is 14.6. The summed E-state index contributed by atoms with van der Waals surface area (Å²) in [6.45, 7) is 6.53. The van der Waals surface area contributed by atoms with Gasteiger partial charge in [-0.05, 0) is 53.5 Å². The van der Waals surface area contributed by atoms with Crippen LogP contribution in [0.5, 0.6) is 5.75 Å². The van der Waals surface area contributed by atoms with E-state index in [-0.39, 0.29) is 17.7 Å². The fraction of sp³-hybridized carbons (Fsp3) is 0.516. The normalized spacial score (nSPS) is 40.1. The Balaban J connectivity index is 1.82. The molecule has 0 radical (unpaired) electrons. The second-order valence-electron chi connectivity index (χ2n) is 12.7. The van der Waals surface area contributed by atoms with Crippen LogP contribution in [0.3, 0.4) is 0 Å². The van der Waals surface area contributed by atoms with Crippen LogP contribution in [0.25, 0.3) is 0 Å². The number of aromatic hydroxyl groups is 1. The van der Waals surface area contributed by atoms with Crippen molar-refractivity contribution in [2.75, 3.05) is 0 Å². The van der Waals surface area contributed by atoms with E-state index in [1.807, 2.05) is 24.3 Å². The van der Waals surface area contributed by atoms with Crippen molar-refractivity contribution in [3.8, 4) is 5.75 Å². The summed E-state index contributed by atoms with van der Waals surface area (Å²) in [6.07, 6.45) is -5.09. The van der Waals surface area contributed by atoms with Gasteiger partial charge in [-0.2, -0.15) is 0 Å². The van der Waals surface area contributed by atoms with Crippen molar-refractivity contribution in [3.63, 3.8) is 0 Å². The SMILES string of the molecule is CC(C)[C@H]1C(O)[C@@H](C(N)=O)C(=O)[C@]2(O)C(O)[C@H]3C(=O)c4c(O)cccc4[C@@H](Cc4cccc(Br)c4)[C@]3(C)[C@@H](O)[C@]12C. The van der Waals surface area contributed by atoms with Crippen molar-refractivity contribution < 1.29 is 39.9 Å². The summed E-state index contributed by atoms with van der Waals surface area (Å²) in [6, 6.07) is 12.1.